The molecule has 1 aliphatic carbocycles. The Morgan fingerprint density at radius 1 is 0.571 bits per heavy atom. The van der Waals surface area contributed by atoms with Gasteiger partial charge in [-0.15, -0.1) is 4.94 Å². The number of pyridine rings is 1. The highest BCUT2D eigenvalue weighted by Gasteiger charge is 2.46. The number of fused-ring (bicyclic) bond motifs is 7. The van der Waals surface area contributed by atoms with Crippen LogP contribution in [0.25, 0.3) is 49.9 Å². The fraction of sp³-hybridized carbons (Fsp3) is 0.0784. The number of para-hydroxylation sites is 3. The molecule has 11 rings (SSSR count). The summed E-state index contributed by atoms with van der Waals surface area (Å²) in [5, 5.41) is 4.93. The molecule has 0 atom stereocenters. The third kappa shape index (κ3) is 4.55. The summed E-state index contributed by atoms with van der Waals surface area (Å²) in [6.07, 6.45) is 1.92. The first-order valence-electron chi connectivity index (χ1n) is 20.5. The van der Waals surface area contributed by atoms with Gasteiger partial charge in [-0.05, 0) is 118 Å². The first kappa shape index (κ1) is 29.4. The normalized spacial score (nSPS) is 15.0. The van der Waals surface area contributed by atoms with Crippen LogP contribution in [0.15, 0.2) is 176 Å². The first-order valence-corrected chi connectivity index (χ1v) is 19.0. The van der Waals surface area contributed by atoms with Crippen molar-refractivity contribution >= 4 is 38.9 Å². The lowest BCUT2D eigenvalue weighted by Crippen LogP contribution is -2.29. The maximum Gasteiger partial charge on any atom is 0.138 e. The maximum absolute atomic E-state index is 8.26. The largest absolute Gasteiger partial charge is 0.294 e. The van der Waals surface area contributed by atoms with Gasteiger partial charge in [0.1, 0.15) is 5.82 Å². The van der Waals surface area contributed by atoms with Crippen molar-refractivity contribution in [2.75, 3.05) is 17.1 Å². The van der Waals surface area contributed by atoms with Crippen LogP contribution in [0.4, 0.5) is 17.1 Å². The average Bonchev–Trinajstić information content (AvgIpc) is 3.91. The summed E-state index contributed by atoms with van der Waals surface area (Å²) in [5.41, 5.74) is 14.8. The monoisotopic (exact) mass is 725 g/mol. The SMILES string of the molecule is [2H]C([2H])([2H])N1ON(c2cccc(C3(c4ccc5c6ccccc6n(-c6cc(-c7c(C)cccc7C)ccn6)c5c4)c4ccccc4-c4ccccc43)c2)c2ccccc21. The molecule has 56 heavy (non-hydrogen) atoms. The lowest BCUT2D eigenvalue weighted by Gasteiger charge is -2.34. The second-order valence-electron chi connectivity index (χ2n) is 14.8. The molecule has 2 aliphatic rings. The second-order valence-corrected chi connectivity index (χ2v) is 14.8. The Morgan fingerprint density at radius 2 is 1.23 bits per heavy atom. The van der Waals surface area contributed by atoms with Crippen molar-refractivity contribution in [3.8, 4) is 28.1 Å². The molecule has 0 radical (unpaired) electrons. The van der Waals surface area contributed by atoms with Crippen molar-refractivity contribution in [1.82, 2.24) is 9.55 Å². The quantitative estimate of drug-likeness (QED) is 0.177. The first-order chi connectivity index (χ1) is 28.7. The molecule has 268 valence electrons. The summed E-state index contributed by atoms with van der Waals surface area (Å²) >= 11 is 0. The van der Waals surface area contributed by atoms with E-state index in [1.165, 1.54) is 38.9 Å². The van der Waals surface area contributed by atoms with Crippen molar-refractivity contribution in [1.29, 1.82) is 0 Å². The van der Waals surface area contributed by atoms with Crippen LogP contribution in [-0.2, 0) is 10.4 Å². The summed E-state index contributed by atoms with van der Waals surface area (Å²) in [6.45, 7) is 1.83. The number of benzene rings is 7. The molecule has 7 aromatic carbocycles. The summed E-state index contributed by atoms with van der Waals surface area (Å²) in [4.78, 5) is 11.2. The zero-order valence-corrected chi connectivity index (χ0v) is 30.9. The Morgan fingerprint density at radius 3 is 2.02 bits per heavy atom. The third-order valence-corrected chi connectivity index (χ3v) is 11.8. The van der Waals surface area contributed by atoms with Crippen LogP contribution >= 0.6 is 0 Å². The van der Waals surface area contributed by atoms with Crippen LogP contribution in [0.3, 0.4) is 0 Å². The zero-order valence-electron chi connectivity index (χ0n) is 33.9. The molecule has 9 aromatic rings. The van der Waals surface area contributed by atoms with Crippen LogP contribution in [0, 0.1) is 13.8 Å². The molecular formula is C51H38N4O. The van der Waals surface area contributed by atoms with E-state index in [9.17, 15) is 0 Å². The number of aryl methyl sites for hydroxylation is 2. The lowest BCUT2D eigenvalue weighted by molar-refractivity contribution is 0.142. The van der Waals surface area contributed by atoms with E-state index in [2.05, 4.69) is 152 Å². The maximum atomic E-state index is 8.26. The molecule has 1 aliphatic heterocycles. The molecule has 3 heterocycles. The van der Waals surface area contributed by atoms with E-state index in [1.807, 2.05) is 36.5 Å². The zero-order chi connectivity index (χ0) is 40.0. The smallest absolute Gasteiger partial charge is 0.138 e. The summed E-state index contributed by atoms with van der Waals surface area (Å²) < 4.78 is 27.1. The Bertz CT molecular complexity index is 3080. The minimum Gasteiger partial charge on any atom is -0.294 e. The molecule has 0 amide bonds. The predicted octanol–water partition coefficient (Wildman–Crippen LogP) is 12.3. The number of rotatable bonds is 5. The molecule has 2 aromatic heterocycles. The average molecular weight is 726 g/mol. The van der Waals surface area contributed by atoms with Crippen LogP contribution in [0.1, 0.15) is 37.5 Å². The molecule has 5 nitrogen and oxygen atoms in total. The van der Waals surface area contributed by atoms with Crippen molar-refractivity contribution < 1.29 is 9.05 Å². The Kier molecular flexibility index (Phi) is 6.45. The van der Waals surface area contributed by atoms with Crippen LogP contribution < -0.4 is 10.1 Å². The van der Waals surface area contributed by atoms with Crippen LogP contribution in [0.2, 0.25) is 0 Å². The van der Waals surface area contributed by atoms with Gasteiger partial charge >= 0.3 is 0 Å². The van der Waals surface area contributed by atoms with Gasteiger partial charge in [0.2, 0.25) is 0 Å². The van der Waals surface area contributed by atoms with Crippen molar-refractivity contribution in [2.45, 2.75) is 19.3 Å². The van der Waals surface area contributed by atoms with Gasteiger partial charge in [-0.25, -0.2) is 10.0 Å². The van der Waals surface area contributed by atoms with E-state index < -0.39 is 12.4 Å². The molecule has 0 fully saturated rings. The van der Waals surface area contributed by atoms with Crippen LogP contribution in [-0.4, -0.2) is 16.5 Å². The van der Waals surface area contributed by atoms with E-state index in [1.54, 1.807) is 11.1 Å². The third-order valence-electron chi connectivity index (χ3n) is 11.8. The summed E-state index contributed by atoms with van der Waals surface area (Å²) in [6, 6.07) is 59.3. The van der Waals surface area contributed by atoms with Gasteiger partial charge in [0, 0.05) is 28.1 Å². The summed E-state index contributed by atoms with van der Waals surface area (Å²) in [7, 11) is 0. The molecule has 0 bridgehead atoms. The van der Waals surface area contributed by atoms with E-state index in [4.69, 9.17) is 14.0 Å². The highest BCUT2D eigenvalue weighted by atomic mass is 16.8. The highest BCUT2D eigenvalue weighted by Crippen LogP contribution is 2.57. The molecule has 0 saturated heterocycles. The standard InChI is InChI=1S/C51H38N4O/c1-33-14-12-15-34(2)50(33)35-28-29-52-49(30-35)54-45-23-9-6-20-41(45)42-27-26-37(32-48(42)54)51(43-21-7-4-18-39(43)40-19-5-8-22-44(40)51)36-16-13-17-38(31-36)55-47-25-11-10-24-46(47)53(3)56-55/h4-32H,1-3H3/i3D3. The molecule has 5 heteroatoms. The number of anilines is 3. The van der Waals surface area contributed by atoms with E-state index in [0.29, 0.717) is 17.1 Å². The number of hydroxylamine groups is 1. The van der Waals surface area contributed by atoms with Crippen molar-refractivity contribution in [3.63, 3.8) is 0 Å². The molecular weight excluding hydrogens is 685 g/mol. The Balaban J connectivity index is 1.17. The van der Waals surface area contributed by atoms with Crippen molar-refractivity contribution in [3.05, 3.63) is 209 Å². The highest BCUT2D eigenvalue weighted by molar-refractivity contribution is 6.09. The lowest BCUT2D eigenvalue weighted by atomic mass is 9.67. The molecule has 0 saturated carbocycles. The fourth-order valence-corrected chi connectivity index (χ4v) is 9.47. The van der Waals surface area contributed by atoms with Gasteiger partial charge in [0.05, 0.1) is 33.5 Å². The van der Waals surface area contributed by atoms with Gasteiger partial charge in [0.15, 0.2) is 0 Å². The Hall–Kier alpha value is -6.95. The van der Waals surface area contributed by atoms with Gasteiger partial charge in [-0.2, -0.15) is 5.06 Å². The molecule has 0 N–H and O–H groups in total. The Labute approximate surface area is 330 Å². The number of hydrogen-bond donors (Lipinski definition) is 0. The van der Waals surface area contributed by atoms with Crippen LogP contribution in [0.5, 0.6) is 0 Å². The van der Waals surface area contributed by atoms with Gasteiger partial charge in [-0.1, -0.05) is 121 Å². The predicted molar refractivity (Wildman–Crippen MR) is 229 cm³/mol. The number of aromatic nitrogens is 2. The fourth-order valence-electron chi connectivity index (χ4n) is 9.47. The van der Waals surface area contributed by atoms with Gasteiger partial charge in [0.25, 0.3) is 0 Å². The van der Waals surface area contributed by atoms with E-state index >= 15 is 0 Å². The minimum atomic E-state index is -2.51. The number of nitrogens with zero attached hydrogens (tertiary/aromatic N) is 4. The van der Waals surface area contributed by atoms with Gasteiger partial charge < -0.3 is 0 Å². The number of hydrogen-bond acceptors (Lipinski definition) is 4. The topological polar surface area (TPSA) is 33.5 Å². The minimum absolute atomic E-state index is 0.484. The molecule has 0 spiro atoms. The van der Waals surface area contributed by atoms with E-state index in [-0.39, 0.29) is 0 Å². The molecule has 0 unspecified atom stereocenters. The van der Waals surface area contributed by atoms with E-state index in [0.717, 1.165) is 49.4 Å². The second kappa shape index (κ2) is 12.3. The summed E-state index contributed by atoms with van der Waals surface area (Å²) in [5.74, 6) is 0.848. The van der Waals surface area contributed by atoms with Crippen molar-refractivity contribution in [2.24, 2.45) is 0 Å². The van der Waals surface area contributed by atoms with Gasteiger partial charge in [-0.3, -0.25) is 4.57 Å².